The average Bonchev–Trinajstić information content (AvgIpc) is 2.93. The number of aryl methyl sites for hydroxylation is 1. The van der Waals surface area contributed by atoms with Gasteiger partial charge in [-0.3, -0.25) is 9.59 Å². The third-order valence-corrected chi connectivity index (χ3v) is 5.08. The zero-order valence-electron chi connectivity index (χ0n) is 15.7. The first-order valence-corrected chi connectivity index (χ1v) is 9.46. The van der Waals surface area contributed by atoms with Gasteiger partial charge in [-0.05, 0) is 39.0 Å². The molecule has 1 unspecified atom stereocenters. The molecular formula is C20H25NO4S. The van der Waals surface area contributed by atoms with Crippen molar-refractivity contribution < 1.29 is 19.1 Å². The summed E-state index contributed by atoms with van der Waals surface area (Å²) < 4.78 is 12.4. The van der Waals surface area contributed by atoms with E-state index < -0.39 is 5.97 Å². The van der Waals surface area contributed by atoms with Crippen molar-refractivity contribution in [3.8, 4) is 0 Å². The molecule has 26 heavy (non-hydrogen) atoms. The van der Waals surface area contributed by atoms with Crippen LogP contribution in [0, 0.1) is 13.8 Å². The van der Waals surface area contributed by atoms with Crippen molar-refractivity contribution in [1.29, 1.82) is 0 Å². The van der Waals surface area contributed by atoms with Crippen LogP contribution in [0.1, 0.15) is 34.7 Å². The number of ketones is 1. The molecule has 5 nitrogen and oxygen atoms in total. The molecule has 2 aromatic rings. The second-order valence-electron chi connectivity index (χ2n) is 6.14. The Labute approximate surface area is 158 Å². The second kappa shape index (κ2) is 9.59. The average molecular weight is 375 g/mol. The monoisotopic (exact) mass is 375 g/mol. The quantitative estimate of drug-likeness (QED) is 0.379. The molecule has 1 heterocycles. The van der Waals surface area contributed by atoms with Gasteiger partial charge in [0.1, 0.15) is 0 Å². The Morgan fingerprint density at radius 1 is 1.19 bits per heavy atom. The number of Topliss-reactive ketones (excluding diaryl/α,β-unsaturated/α-hetero) is 1. The number of rotatable bonds is 9. The van der Waals surface area contributed by atoms with Gasteiger partial charge < -0.3 is 14.0 Å². The van der Waals surface area contributed by atoms with E-state index in [-0.39, 0.29) is 24.2 Å². The molecule has 6 heteroatoms. The van der Waals surface area contributed by atoms with Crippen LogP contribution in [-0.2, 0) is 14.3 Å². The van der Waals surface area contributed by atoms with Crippen LogP contribution in [0.4, 0.5) is 0 Å². The highest BCUT2D eigenvalue weighted by atomic mass is 32.2. The van der Waals surface area contributed by atoms with E-state index in [0.717, 1.165) is 16.3 Å². The van der Waals surface area contributed by atoms with E-state index in [0.29, 0.717) is 12.2 Å². The van der Waals surface area contributed by atoms with Crippen molar-refractivity contribution >= 4 is 23.5 Å². The number of thioether (sulfide) groups is 1. The molecule has 1 aromatic heterocycles. The van der Waals surface area contributed by atoms with Gasteiger partial charge in [0.25, 0.3) is 0 Å². The Morgan fingerprint density at radius 2 is 1.88 bits per heavy atom. The molecule has 0 bridgehead atoms. The summed E-state index contributed by atoms with van der Waals surface area (Å²) in [5.74, 6) is -0.401. The number of carbonyl (C=O) groups is 2. The molecule has 0 amide bonds. The van der Waals surface area contributed by atoms with Crippen LogP contribution in [0.2, 0.25) is 0 Å². The van der Waals surface area contributed by atoms with Crippen LogP contribution < -0.4 is 0 Å². The lowest BCUT2D eigenvalue weighted by Crippen LogP contribution is -2.17. The number of methoxy groups -OCH3 is 1. The van der Waals surface area contributed by atoms with Crippen LogP contribution in [0.25, 0.3) is 0 Å². The van der Waals surface area contributed by atoms with E-state index in [1.165, 1.54) is 11.8 Å². The highest BCUT2D eigenvalue weighted by molar-refractivity contribution is 8.00. The second-order valence-corrected chi connectivity index (χ2v) is 7.19. The zero-order valence-corrected chi connectivity index (χ0v) is 16.5. The summed E-state index contributed by atoms with van der Waals surface area (Å²) in [4.78, 5) is 25.3. The Bertz CT molecular complexity index is 755. The van der Waals surface area contributed by atoms with E-state index in [1.54, 1.807) is 7.11 Å². The lowest BCUT2D eigenvalue weighted by Gasteiger charge is -2.17. The summed E-state index contributed by atoms with van der Waals surface area (Å²) >= 11 is 1.39. The molecule has 1 aromatic carbocycles. The minimum absolute atomic E-state index is 0.131. The van der Waals surface area contributed by atoms with Gasteiger partial charge in [0, 0.05) is 29.0 Å². The summed E-state index contributed by atoms with van der Waals surface area (Å²) in [6, 6.07) is 11.6. The minimum atomic E-state index is -0.395. The minimum Gasteiger partial charge on any atom is -0.457 e. The molecule has 0 spiro atoms. The summed E-state index contributed by atoms with van der Waals surface area (Å²) in [5.41, 5.74) is 2.45. The van der Waals surface area contributed by atoms with Gasteiger partial charge in [0.15, 0.2) is 6.61 Å². The molecule has 2 rings (SSSR count). The molecule has 0 fully saturated rings. The molecule has 0 aliphatic rings. The lowest BCUT2D eigenvalue weighted by atomic mass is 10.1. The maximum Gasteiger partial charge on any atom is 0.316 e. The molecule has 1 atom stereocenters. The molecular weight excluding hydrogens is 350 g/mol. The summed E-state index contributed by atoms with van der Waals surface area (Å²) in [5, 5.41) is 0. The highest BCUT2D eigenvalue weighted by Gasteiger charge is 2.19. The number of hydrogen-bond acceptors (Lipinski definition) is 5. The molecule has 0 N–H and O–H groups in total. The van der Waals surface area contributed by atoms with E-state index in [2.05, 4.69) is 4.57 Å². The smallest absolute Gasteiger partial charge is 0.316 e. The van der Waals surface area contributed by atoms with Crippen LogP contribution in [0.5, 0.6) is 0 Å². The number of benzene rings is 1. The number of carbonyl (C=O) groups excluding carboxylic acids is 2. The van der Waals surface area contributed by atoms with Gasteiger partial charge >= 0.3 is 5.97 Å². The maximum absolute atomic E-state index is 12.5. The lowest BCUT2D eigenvalue weighted by molar-refractivity contribution is -0.139. The van der Waals surface area contributed by atoms with E-state index in [4.69, 9.17) is 9.47 Å². The number of hydrogen-bond donors (Lipinski definition) is 0. The Balaban J connectivity index is 1.91. The third-order valence-electron chi connectivity index (χ3n) is 4.10. The summed E-state index contributed by atoms with van der Waals surface area (Å²) in [6.07, 6.45) is 0. The van der Waals surface area contributed by atoms with Crippen molar-refractivity contribution in [2.45, 2.75) is 31.7 Å². The number of ether oxygens (including phenoxy) is 2. The predicted molar refractivity (Wildman–Crippen MR) is 103 cm³/mol. The predicted octanol–water partition coefficient (Wildman–Crippen LogP) is 3.83. The van der Waals surface area contributed by atoms with E-state index in [9.17, 15) is 9.59 Å². The topological polar surface area (TPSA) is 57.5 Å². The van der Waals surface area contributed by atoms with Gasteiger partial charge in [-0.1, -0.05) is 18.2 Å². The Hall–Kier alpha value is -2.05. The zero-order chi connectivity index (χ0) is 19.1. The molecule has 0 saturated carbocycles. The third kappa shape index (κ3) is 5.22. The highest BCUT2D eigenvalue weighted by Crippen LogP contribution is 2.21. The normalized spacial score (nSPS) is 12.0. The van der Waals surface area contributed by atoms with E-state index in [1.807, 2.05) is 57.2 Å². The first kappa shape index (κ1) is 20.3. The first-order chi connectivity index (χ1) is 12.4. The van der Waals surface area contributed by atoms with Crippen LogP contribution in [0.15, 0.2) is 41.3 Å². The van der Waals surface area contributed by atoms with Crippen LogP contribution >= 0.6 is 11.8 Å². The number of esters is 1. The van der Waals surface area contributed by atoms with Crippen LogP contribution in [0.3, 0.4) is 0 Å². The van der Waals surface area contributed by atoms with Crippen LogP contribution in [-0.4, -0.2) is 42.4 Å². The van der Waals surface area contributed by atoms with Crippen molar-refractivity contribution in [1.82, 2.24) is 4.57 Å². The van der Waals surface area contributed by atoms with Gasteiger partial charge in [-0.2, -0.15) is 0 Å². The van der Waals surface area contributed by atoms with E-state index >= 15 is 0 Å². The van der Waals surface area contributed by atoms with Crippen molar-refractivity contribution in [3.63, 3.8) is 0 Å². The van der Waals surface area contributed by atoms with Gasteiger partial charge in [0.2, 0.25) is 5.78 Å². The molecule has 0 aliphatic heterocycles. The largest absolute Gasteiger partial charge is 0.457 e. The fraction of sp³-hybridized carbons (Fsp3) is 0.400. The number of aromatic nitrogens is 1. The van der Waals surface area contributed by atoms with Gasteiger partial charge in [0.05, 0.1) is 18.4 Å². The fourth-order valence-electron chi connectivity index (χ4n) is 2.98. The first-order valence-electron chi connectivity index (χ1n) is 8.48. The van der Waals surface area contributed by atoms with Gasteiger partial charge in [-0.15, -0.1) is 11.8 Å². The Morgan fingerprint density at radius 3 is 2.54 bits per heavy atom. The molecule has 140 valence electrons. The SMILES string of the molecule is COCC(C)n1c(C)cc(C(=O)COC(=O)CSc2ccccc2)c1C. The van der Waals surface area contributed by atoms with Gasteiger partial charge in [-0.25, -0.2) is 0 Å². The Kier molecular flexibility index (Phi) is 7.48. The fourth-order valence-corrected chi connectivity index (χ4v) is 3.70. The van der Waals surface area contributed by atoms with Crippen molar-refractivity contribution in [3.05, 3.63) is 53.3 Å². The molecule has 0 saturated heterocycles. The molecule has 0 aliphatic carbocycles. The standard InChI is InChI=1S/C20H25NO4S/c1-14-10-18(16(3)21(14)15(2)11-24-4)19(22)12-25-20(23)13-26-17-8-6-5-7-9-17/h5-10,15H,11-13H2,1-4H3. The number of nitrogens with zero attached hydrogens (tertiary/aromatic N) is 1. The van der Waals surface area contributed by atoms with Crippen molar-refractivity contribution in [2.75, 3.05) is 26.1 Å². The summed E-state index contributed by atoms with van der Waals surface area (Å²) in [6.45, 7) is 6.23. The summed E-state index contributed by atoms with van der Waals surface area (Å²) in [7, 11) is 1.66. The van der Waals surface area contributed by atoms with Crippen molar-refractivity contribution in [2.24, 2.45) is 0 Å². The molecule has 0 radical (unpaired) electrons. The maximum atomic E-state index is 12.5.